The molecule has 1 N–H and O–H groups in total. The van der Waals surface area contributed by atoms with Gasteiger partial charge < -0.3 is 5.11 Å². The van der Waals surface area contributed by atoms with Crippen LogP contribution in [-0.4, -0.2) is 11.2 Å². The fraction of sp³-hybridized carbons (Fsp3) is 1.00. The Labute approximate surface area is 89.9 Å². The molecule has 0 heterocycles. The van der Waals surface area contributed by atoms with Gasteiger partial charge in [0, 0.05) is 0 Å². The highest BCUT2D eigenvalue weighted by molar-refractivity contribution is 4.62. The van der Waals surface area contributed by atoms with Crippen LogP contribution < -0.4 is 0 Å². The SMILES string of the molecule is CC(C)CC(C)CCCC(O)C(C)C. The molecule has 0 bridgehead atoms. The average Bonchev–Trinajstić information content (AvgIpc) is 2.02. The van der Waals surface area contributed by atoms with Crippen LogP contribution in [-0.2, 0) is 0 Å². The Morgan fingerprint density at radius 2 is 1.50 bits per heavy atom. The number of aliphatic hydroxyl groups is 1. The van der Waals surface area contributed by atoms with Gasteiger partial charge in [-0.05, 0) is 30.6 Å². The van der Waals surface area contributed by atoms with E-state index in [0.717, 1.165) is 18.3 Å². The molecule has 86 valence electrons. The summed E-state index contributed by atoms with van der Waals surface area (Å²) in [5, 5.41) is 9.62. The monoisotopic (exact) mass is 200 g/mol. The van der Waals surface area contributed by atoms with Gasteiger partial charge in [-0.2, -0.15) is 0 Å². The van der Waals surface area contributed by atoms with E-state index >= 15 is 0 Å². The molecule has 0 aromatic rings. The van der Waals surface area contributed by atoms with E-state index in [4.69, 9.17) is 0 Å². The van der Waals surface area contributed by atoms with E-state index in [1.54, 1.807) is 0 Å². The molecule has 0 radical (unpaired) electrons. The van der Waals surface area contributed by atoms with E-state index in [1.165, 1.54) is 19.3 Å². The van der Waals surface area contributed by atoms with Crippen molar-refractivity contribution in [1.82, 2.24) is 0 Å². The van der Waals surface area contributed by atoms with Crippen LogP contribution in [0.5, 0.6) is 0 Å². The minimum atomic E-state index is -0.0961. The fourth-order valence-electron chi connectivity index (χ4n) is 1.93. The molecule has 1 nitrogen and oxygen atoms in total. The highest BCUT2D eigenvalue weighted by Crippen LogP contribution is 2.19. The summed E-state index contributed by atoms with van der Waals surface area (Å²) >= 11 is 0. The molecule has 0 rings (SSSR count). The maximum atomic E-state index is 9.62. The topological polar surface area (TPSA) is 20.2 Å². The molecule has 0 amide bonds. The van der Waals surface area contributed by atoms with Crippen LogP contribution in [0.15, 0.2) is 0 Å². The van der Waals surface area contributed by atoms with Gasteiger partial charge >= 0.3 is 0 Å². The summed E-state index contributed by atoms with van der Waals surface area (Å²) in [6.07, 6.45) is 4.63. The minimum Gasteiger partial charge on any atom is -0.393 e. The molecule has 2 unspecified atom stereocenters. The molecule has 2 atom stereocenters. The summed E-state index contributed by atoms with van der Waals surface area (Å²) in [6, 6.07) is 0. The third-order valence-corrected chi connectivity index (χ3v) is 2.84. The number of hydrogen-bond acceptors (Lipinski definition) is 1. The molecule has 1 heteroatoms. The highest BCUT2D eigenvalue weighted by Gasteiger charge is 2.10. The van der Waals surface area contributed by atoms with Gasteiger partial charge in [-0.15, -0.1) is 0 Å². The van der Waals surface area contributed by atoms with Gasteiger partial charge in [-0.1, -0.05) is 47.5 Å². The molecule has 0 spiro atoms. The lowest BCUT2D eigenvalue weighted by Gasteiger charge is -2.17. The lowest BCUT2D eigenvalue weighted by Crippen LogP contribution is -2.14. The first kappa shape index (κ1) is 14.0. The third-order valence-electron chi connectivity index (χ3n) is 2.84. The first-order valence-electron chi connectivity index (χ1n) is 6.11. The second-order valence-electron chi connectivity index (χ2n) is 5.48. The lowest BCUT2D eigenvalue weighted by molar-refractivity contribution is 0.111. The Bertz CT molecular complexity index is 129. The standard InChI is InChI=1S/C13H28O/c1-10(2)9-12(5)7-6-8-13(14)11(3)4/h10-14H,6-9H2,1-5H3. The summed E-state index contributed by atoms with van der Waals surface area (Å²) in [6.45, 7) is 11.0. The molecule has 14 heavy (non-hydrogen) atoms. The van der Waals surface area contributed by atoms with Crippen LogP contribution in [0.2, 0.25) is 0 Å². The largest absolute Gasteiger partial charge is 0.393 e. The predicted molar refractivity (Wildman–Crippen MR) is 63.3 cm³/mol. The van der Waals surface area contributed by atoms with Gasteiger partial charge in [0.25, 0.3) is 0 Å². The summed E-state index contributed by atoms with van der Waals surface area (Å²) < 4.78 is 0. The number of rotatable bonds is 7. The number of hydrogen-bond donors (Lipinski definition) is 1. The van der Waals surface area contributed by atoms with Crippen molar-refractivity contribution in [2.45, 2.75) is 66.4 Å². The van der Waals surface area contributed by atoms with Crippen molar-refractivity contribution >= 4 is 0 Å². The van der Waals surface area contributed by atoms with Crippen LogP contribution in [0.4, 0.5) is 0 Å². The molecule has 0 aliphatic carbocycles. The summed E-state index contributed by atoms with van der Waals surface area (Å²) in [5.74, 6) is 2.03. The van der Waals surface area contributed by atoms with Gasteiger partial charge in [0.15, 0.2) is 0 Å². The fourth-order valence-corrected chi connectivity index (χ4v) is 1.93. The Hall–Kier alpha value is -0.0400. The summed E-state index contributed by atoms with van der Waals surface area (Å²) in [7, 11) is 0. The maximum absolute atomic E-state index is 9.62. The zero-order valence-electron chi connectivity index (χ0n) is 10.6. The van der Waals surface area contributed by atoms with Crippen LogP contribution in [0.25, 0.3) is 0 Å². The van der Waals surface area contributed by atoms with Crippen molar-refractivity contribution in [2.24, 2.45) is 17.8 Å². The van der Waals surface area contributed by atoms with Gasteiger partial charge in [0.2, 0.25) is 0 Å². The quantitative estimate of drug-likeness (QED) is 0.661. The molecule has 0 saturated heterocycles. The van der Waals surface area contributed by atoms with E-state index in [9.17, 15) is 5.11 Å². The lowest BCUT2D eigenvalue weighted by atomic mass is 9.92. The normalized spacial score (nSPS) is 16.3. The minimum absolute atomic E-state index is 0.0961. The zero-order chi connectivity index (χ0) is 11.1. The Morgan fingerprint density at radius 1 is 0.929 bits per heavy atom. The van der Waals surface area contributed by atoms with Crippen molar-refractivity contribution in [1.29, 1.82) is 0 Å². The van der Waals surface area contributed by atoms with Crippen molar-refractivity contribution in [3.8, 4) is 0 Å². The maximum Gasteiger partial charge on any atom is 0.0563 e. The smallest absolute Gasteiger partial charge is 0.0563 e. The Balaban J connectivity index is 3.44. The van der Waals surface area contributed by atoms with Crippen molar-refractivity contribution in [3.05, 3.63) is 0 Å². The molecule has 0 aliphatic rings. The predicted octanol–water partition coefficient (Wildman–Crippen LogP) is 3.86. The van der Waals surface area contributed by atoms with E-state index in [2.05, 4.69) is 34.6 Å². The molecule has 0 aromatic carbocycles. The van der Waals surface area contributed by atoms with E-state index in [-0.39, 0.29) is 6.10 Å². The second-order valence-corrected chi connectivity index (χ2v) is 5.48. The van der Waals surface area contributed by atoms with Crippen LogP contribution in [0.1, 0.15) is 60.3 Å². The summed E-state index contributed by atoms with van der Waals surface area (Å²) in [5.41, 5.74) is 0. The van der Waals surface area contributed by atoms with Crippen LogP contribution in [0, 0.1) is 17.8 Å². The molecule has 0 fully saturated rings. The molecule has 0 saturated carbocycles. The first-order valence-corrected chi connectivity index (χ1v) is 6.11. The van der Waals surface area contributed by atoms with Crippen molar-refractivity contribution in [2.75, 3.05) is 0 Å². The van der Waals surface area contributed by atoms with Gasteiger partial charge in [-0.3, -0.25) is 0 Å². The van der Waals surface area contributed by atoms with E-state index in [1.807, 2.05) is 0 Å². The Morgan fingerprint density at radius 3 is 1.93 bits per heavy atom. The molecule has 0 aliphatic heterocycles. The number of aliphatic hydroxyl groups excluding tert-OH is 1. The van der Waals surface area contributed by atoms with Gasteiger partial charge in [0.1, 0.15) is 0 Å². The van der Waals surface area contributed by atoms with Crippen LogP contribution >= 0.6 is 0 Å². The van der Waals surface area contributed by atoms with E-state index < -0.39 is 0 Å². The van der Waals surface area contributed by atoms with Gasteiger partial charge in [-0.25, -0.2) is 0 Å². The van der Waals surface area contributed by atoms with Crippen molar-refractivity contribution < 1.29 is 5.11 Å². The van der Waals surface area contributed by atoms with Crippen molar-refractivity contribution in [3.63, 3.8) is 0 Å². The molecule has 0 aromatic heterocycles. The average molecular weight is 200 g/mol. The third kappa shape index (κ3) is 7.37. The molecular formula is C13H28O. The second kappa shape index (κ2) is 7.28. The Kier molecular flexibility index (Phi) is 7.26. The van der Waals surface area contributed by atoms with Crippen LogP contribution in [0.3, 0.4) is 0 Å². The molecular weight excluding hydrogens is 172 g/mol. The van der Waals surface area contributed by atoms with Gasteiger partial charge in [0.05, 0.1) is 6.10 Å². The zero-order valence-corrected chi connectivity index (χ0v) is 10.6. The summed E-state index contributed by atoms with van der Waals surface area (Å²) in [4.78, 5) is 0. The first-order chi connectivity index (χ1) is 6.43. The highest BCUT2D eigenvalue weighted by atomic mass is 16.3. The van der Waals surface area contributed by atoms with E-state index in [0.29, 0.717) is 5.92 Å².